The van der Waals surface area contributed by atoms with Gasteiger partial charge in [0.05, 0.1) is 24.2 Å². The Labute approximate surface area is 192 Å². The number of aliphatic carboxylic acids is 1. The van der Waals surface area contributed by atoms with Crippen LogP contribution < -0.4 is 5.56 Å². The number of alkyl halides is 3. The average molecular weight is 481 g/mol. The summed E-state index contributed by atoms with van der Waals surface area (Å²) in [4.78, 5) is 25.3. The van der Waals surface area contributed by atoms with Gasteiger partial charge in [-0.2, -0.15) is 13.2 Å². The molecule has 2 heterocycles. The number of carbonyl (C=O) groups is 1. The third kappa shape index (κ3) is 5.01. The van der Waals surface area contributed by atoms with E-state index in [9.17, 15) is 33.0 Å². The lowest BCUT2D eigenvalue weighted by Gasteiger charge is -2.39. The summed E-state index contributed by atoms with van der Waals surface area (Å²) in [5.74, 6) is -1.51. The number of azo groups is 1. The fraction of sp³-hybridized carbons (Fsp3) is 0.545. The molecule has 0 bridgehead atoms. The number of rotatable bonds is 6. The molecule has 2 aromatic rings. The van der Waals surface area contributed by atoms with Gasteiger partial charge in [0.15, 0.2) is 5.69 Å². The van der Waals surface area contributed by atoms with Crippen LogP contribution in [0.4, 0.5) is 24.5 Å². The zero-order valence-electron chi connectivity index (χ0n) is 18.5. The summed E-state index contributed by atoms with van der Waals surface area (Å²) in [6.45, 7) is 0.784. The van der Waals surface area contributed by atoms with Crippen molar-refractivity contribution in [1.82, 2.24) is 14.7 Å². The van der Waals surface area contributed by atoms with Gasteiger partial charge in [0.1, 0.15) is 11.4 Å². The zero-order chi connectivity index (χ0) is 24.6. The van der Waals surface area contributed by atoms with E-state index in [1.807, 2.05) is 0 Å². The van der Waals surface area contributed by atoms with E-state index in [1.54, 1.807) is 25.1 Å². The summed E-state index contributed by atoms with van der Waals surface area (Å²) < 4.78 is 38.8. The Balaban J connectivity index is 1.50. The van der Waals surface area contributed by atoms with Crippen molar-refractivity contribution in [3.05, 3.63) is 39.8 Å². The number of phenols is 1. The van der Waals surface area contributed by atoms with Crippen molar-refractivity contribution in [2.75, 3.05) is 19.6 Å². The number of carboxylic acids is 1. The molecule has 0 amide bonds. The standard InChI is InChI=1S/C22H26F3N5O4/c1-12-18(20(32)30(28-12)15-9-29(10-15)11-22(23,24)25)27-26-17-7-3-6-16(19(17)31)13-4-2-5-14(8-13)21(33)34/h3,6-7,13-15,28,31H,2,4-5,8-11H2,1H3,(H,33,34). The lowest BCUT2D eigenvalue weighted by Crippen LogP contribution is -2.53. The van der Waals surface area contributed by atoms with Crippen LogP contribution in [0.5, 0.6) is 5.75 Å². The van der Waals surface area contributed by atoms with Gasteiger partial charge in [0.2, 0.25) is 0 Å². The minimum atomic E-state index is -4.29. The molecule has 1 saturated carbocycles. The van der Waals surface area contributed by atoms with Gasteiger partial charge in [0.25, 0.3) is 5.56 Å². The quantitative estimate of drug-likeness (QED) is 0.528. The molecule has 1 aromatic carbocycles. The highest BCUT2D eigenvalue weighted by Gasteiger charge is 2.38. The molecule has 4 rings (SSSR count). The molecule has 2 aliphatic rings. The Hall–Kier alpha value is -3.15. The molecule has 1 aliphatic carbocycles. The van der Waals surface area contributed by atoms with Gasteiger partial charge < -0.3 is 10.2 Å². The predicted octanol–water partition coefficient (Wildman–Crippen LogP) is 4.38. The van der Waals surface area contributed by atoms with Gasteiger partial charge in [-0.1, -0.05) is 18.6 Å². The Morgan fingerprint density at radius 3 is 2.65 bits per heavy atom. The normalized spacial score (nSPS) is 22.2. The lowest BCUT2D eigenvalue weighted by molar-refractivity contribution is -0.158. The molecule has 12 heteroatoms. The molecule has 2 atom stereocenters. The smallest absolute Gasteiger partial charge is 0.401 e. The second-order valence-electron chi connectivity index (χ2n) is 9.04. The fourth-order valence-corrected chi connectivity index (χ4v) is 4.78. The SMILES string of the molecule is Cc1[nH]n(C2CN(CC(F)(F)F)C2)c(=O)c1N=Nc1cccc(C2CCCC(C(=O)O)C2)c1O. The molecular weight excluding hydrogens is 455 g/mol. The maximum atomic E-state index is 12.8. The number of halogens is 3. The number of hydrogen-bond acceptors (Lipinski definition) is 6. The number of carboxylic acid groups (broad SMARTS) is 1. The number of aromatic amines is 1. The lowest BCUT2D eigenvalue weighted by atomic mass is 9.77. The number of nitrogens with one attached hydrogen (secondary N) is 1. The largest absolute Gasteiger partial charge is 0.505 e. The van der Waals surface area contributed by atoms with Gasteiger partial charge in [0, 0.05) is 13.1 Å². The Morgan fingerprint density at radius 1 is 1.24 bits per heavy atom. The first-order chi connectivity index (χ1) is 16.0. The maximum Gasteiger partial charge on any atom is 0.401 e. The van der Waals surface area contributed by atoms with E-state index >= 15 is 0 Å². The van der Waals surface area contributed by atoms with E-state index in [1.165, 1.54) is 9.58 Å². The number of para-hydroxylation sites is 1. The van der Waals surface area contributed by atoms with Gasteiger partial charge in [-0.15, -0.1) is 10.2 Å². The maximum absolute atomic E-state index is 12.8. The number of H-pyrrole nitrogens is 1. The molecule has 2 fully saturated rings. The van der Waals surface area contributed by atoms with E-state index in [0.717, 1.165) is 12.8 Å². The summed E-state index contributed by atoms with van der Waals surface area (Å²) in [5, 5.41) is 31.0. The van der Waals surface area contributed by atoms with Crippen molar-refractivity contribution < 1.29 is 28.2 Å². The number of phenolic OH excluding ortho intramolecular Hbond substituents is 1. The summed E-state index contributed by atoms with van der Waals surface area (Å²) in [6.07, 6.45) is -1.75. The van der Waals surface area contributed by atoms with Crippen molar-refractivity contribution in [2.45, 2.75) is 50.7 Å². The molecular formula is C22H26F3N5O4. The second kappa shape index (κ2) is 9.24. The number of hydrogen-bond donors (Lipinski definition) is 3. The van der Waals surface area contributed by atoms with Crippen LogP contribution in [-0.4, -0.2) is 56.7 Å². The molecule has 0 spiro atoms. The first-order valence-corrected chi connectivity index (χ1v) is 11.1. The van der Waals surface area contributed by atoms with Crippen molar-refractivity contribution in [3.8, 4) is 5.75 Å². The summed E-state index contributed by atoms with van der Waals surface area (Å²) in [5.41, 5.74) is 0.689. The van der Waals surface area contributed by atoms with Crippen LogP contribution in [0.25, 0.3) is 0 Å². The summed E-state index contributed by atoms with van der Waals surface area (Å²) in [7, 11) is 0. The molecule has 3 N–H and O–H groups in total. The van der Waals surface area contributed by atoms with Crippen molar-refractivity contribution in [3.63, 3.8) is 0 Å². The molecule has 184 valence electrons. The highest BCUT2D eigenvalue weighted by molar-refractivity contribution is 5.70. The first-order valence-electron chi connectivity index (χ1n) is 11.1. The van der Waals surface area contributed by atoms with Crippen LogP contribution in [0.15, 0.2) is 33.2 Å². The fourth-order valence-electron chi connectivity index (χ4n) is 4.78. The van der Waals surface area contributed by atoms with Crippen molar-refractivity contribution in [2.24, 2.45) is 16.1 Å². The molecule has 2 unspecified atom stereocenters. The predicted molar refractivity (Wildman–Crippen MR) is 116 cm³/mol. The average Bonchev–Trinajstić information content (AvgIpc) is 3.02. The summed E-state index contributed by atoms with van der Waals surface area (Å²) in [6, 6.07) is 4.56. The number of aromatic hydroxyl groups is 1. The van der Waals surface area contributed by atoms with E-state index in [0.29, 0.717) is 24.1 Å². The highest BCUT2D eigenvalue weighted by Crippen LogP contribution is 2.43. The second-order valence-corrected chi connectivity index (χ2v) is 9.04. The third-order valence-corrected chi connectivity index (χ3v) is 6.54. The first kappa shape index (κ1) is 24.0. The van der Waals surface area contributed by atoms with Gasteiger partial charge in [-0.3, -0.25) is 19.6 Å². The van der Waals surface area contributed by atoms with Gasteiger partial charge in [-0.05, 0) is 43.7 Å². The minimum absolute atomic E-state index is 0.0164. The van der Waals surface area contributed by atoms with Gasteiger partial charge >= 0.3 is 12.1 Å². The van der Waals surface area contributed by atoms with Crippen LogP contribution >= 0.6 is 0 Å². The zero-order valence-corrected chi connectivity index (χ0v) is 18.5. The van der Waals surface area contributed by atoms with Crippen LogP contribution in [-0.2, 0) is 4.79 Å². The third-order valence-electron chi connectivity index (χ3n) is 6.54. The van der Waals surface area contributed by atoms with E-state index in [4.69, 9.17) is 0 Å². The Morgan fingerprint density at radius 2 is 1.97 bits per heavy atom. The number of aryl methyl sites for hydroxylation is 1. The van der Waals surface area contributed by atoms with Crippen LogP contribution in [0.1, 0.15) is 48.9 Å². The Kier molecular flexibility index (Phi) is 6.52. The summed E-state index contributed by atoms with van der Waals surface area (Å²) >= 11 is 0. The van der Waals surface area contributed by atoms with Crippen molar-refractivity contribution in [1.29, 1.82) is 0 Å². The molecule has 1 aliphatic heterocycles. The van der Waals surface area contributed by atoms with Crippen LogP contribution in [0, 0.1) is 12.8 Å². The Bertz CT molecular complexity index is 1150. The number of nitrogens with zero attached hydrogens (tertiary/aromatic N) is 4. The van der Waals surface area contributed by atoms with Crippen molar-refractivity contribution >= 4 is 17.3 Å². The molecule has 9 nitrogen and oxygen atoms in total. The van der Waals surface area contributed by atoms with Crippen LogP contribution in [0.3, 0.4) is 0 Å². The van der Waals surface area contributed by atoms with E-state index < -0.39 is 36.2 Å². The highest BCUT2D eigenvalue weighted by atomic mass is 19.4. The van der Waals surface area contributed by atoms with Crippen LogP contribution in [0.2, 0.25) is 0 Å². The molecule has 34 heavy (non-hydrogen) atoms. The van der Waals surface area contributed by atoms with Gasteiger partial charge in [-0.25, -0.2) is 4.68 Å². The number of benzene rings is 1. The number of likely N-dealkylation sites (tertiary alicyclic amines) is 1. The monoisotopic (exact) mass is 481 g/mol. The van der Waals surface area contributed by atoms with E-state index in [-0.39, 0.29) is 36.1 Å². The molecule has 1 aromatic heterocycles. The molecule has 1 saturated heterocycles. The topological polar surface area (TPSA) is 123 Å². The minimum Gasteiger partial charge on any atom is -0.505 e. The number of aromatic nitrogens is 2. The van der Waals surface area contributed by atoms with E-state index in [2.05, 4.69) is 15.3 Å². The molecule has 0 radical (unpaired) electrons.